The van der Waals surface area contributed by atoms with Crippen LogP contribution in [0.5, 0.6) is 5.75 Å². The Kier molecular flexibility index (Phi) is 4.71. The normalized spacial score (nSPS) is 10.2. The summed E-state index contributed by atoms with van der Waals surface area (Å²) in [5.41, 5.74) is 2.90. The number of hydrogen-bond acceptors (Lipinski definition) is 4. The Balaban J connectivity index is 2.31. The molecule has 1 aromatic carbocycles. The van der Waals surface area contributed by atoms with E-state index in [0.29, 0.717) is 28.6 Å². The molecule has 0 fully saturated rings. The second-order valence-electron chi connectivity index (χ2n) is 4.51. The molecule has 5 nitrogen and oxygen atoms in total. The first-order chi connectivity index (χ1) is 10.1. The molecule has 0 atom stereocenters. The zero-order valence-electron chi connectivity index (χ0n) is 12.3. The van der Waals surface area contributed by atoms with Crippen molar-refractivity contribution in [1.82, 2.24) is 9.78 Å². The smallest absolute Gasteiger partial charge is 0.143 e. The number of aromatic nitrogens is 2. The van der Waals surface area contributed by atoms with E-state index in [1.807, 2.05) is 24.6 Å². The molecule has 1 aromatic heterocycles. The van der Waals surface area contributed by atoms with Crippen molar-refractivity contribution in [1.29, 1.82) is 5.26 Å². The molecule has 0 aliphatic carbocycles. The zero-order valence-corrected chi connectivity index (χ0v) is 13.0. The average Bonchev–Trinajstić information content (AvgIpc) is 2.79. The number of ether oxygens (including phenoxy) is 1. The van der Waals surface area contributed by atoms with E-state index in [0.717, 1.165) is 17.9 Å². The summed E-state index contributed by atoms with van der Waals surface area (Å²) in [6.45, 7) is 5.10. The molecule has 0 amide bonds. The predicted octanol–water partition coefficient (Wildman–Crippen LogP) is 3.36. The van der Waals surface area contributed by atoms with Gasteiger partial charge in [0, 0.05) is 6.54 Å². The first-order valence-electron chi connectivity index (χ1n) is 6.65. The second-order valence-corrected chi connectivity index (χ2v) is 4.89. The highest BCUT2D eigenvalue weighted by molar-refractivity contribution is 6.31. The molecule has 0 aliphatic rings. The zero-order chi connectivity index (χ0) is 15.4. The summed E-state index contributed by atoms with van der Waals surface area (Å²) in [6.07, 6.45) is 0. The van der Waals surface area contributed by atoms with Crippen LogP contribution in [0.3, 0.4) is 0 Å². The van der Waals surface area contributed by atoms with E-state index in [1.165, 1.54) is 0 Å². The lowest BCUT2D eigenvalue weighted by Gasteiger charge is -2.13. The van der Waals surface area contributed by atoms with Crippen LogP contribution in [0.1, 0.15) is 23.9 Å². The van der Waals surface area contributed by atoms with Gasteiger partial charge in [0.15, 0.2) is 0 Å². The molecule has 0 saturated carbocycles. The Morgan fingerprint density at radius 3 is 2.86 bits per heavy atom. The van der Waals surface area contributed by atoms with Crippen LogP contribution in [0, 0.1) is 18.3 Å². The quantitative estimate of drug-likeness (QED) is 0.920. The number of halogens is 1. The molecule has 2 rings (SSSR count). The van der Waals surface area contributed by atoms with E-state index in [9.17, 15) is 5.26 Å². The van der Waals surface area contributed by atoms with Crippen LogP contribution in [-0.4, -0.2) is 16.9 Å². The molecule has 110 valence electrons. The highest BCUT2D eigenvalue weighted by atomic mass is 35.5. The van der Waals surface area contributed by atoms with Gasteiger partial charge >= 0.3 is 0 Å². The number of nitriles is 1. The molecule has 1 N–H and O–H groups in total. The van der Waals surface area contributed by atoms with Crippen LogP contribution in [-0.2, 0) is 13.1 Å². The van der Waals surface area contributed by atoms with Gasteiger partial charge in [-0.2, -0.15) is 10.4 Å². The highest BCUT2D eigenvalue weighted by Gasteiger charge is 2.14. The van der Waals surface area contributed by atoms with Crippen LogP contribution >= 0.6 is 11.6 Å². The molecular weight excluding hydrogens is 288 g/mol. The van der Waals surface area contributed by atoms with Gasteiger partial charge in [0.25, 0.3) is 0 Å². The van der Waals surface area contributed by atoms with Crippen molar-refractivity contribution >= 4 is 17.3 Å². The Bertz CT molecular complexity index is 688. The summed E-state index contributed by atoms with van der Waals surface area (Å²) < 4.78 is 7.15. The van der Waals surface area contributed by atoms with Crippen molar-refractivity contribution in [2.24, 2.45) is 0 Å². The minimum Gasteiger partial charge on any atom is -0.495 e. The monoisotopic (exact) mass is 304 g/mol. The summed E-state index contributed by atoms with van der Waals surface area (Å²) >= 11 is 6.29. The van der Waals surface area contributed by atoms with E-state index in [4.69, 9.17) is 16.3 Å². The van der Waals surface area contributed by atoms with Crippen LogP contribution in [0.15, 0.2) is 18.2 Å². The Morgan fingerprint density at radius 1 is 1.48 bits per heavy atom. The summed E-state index contributed by atoms with van der Waals surface area (Å²) in [7, 11) is 1.58. The maximum Gasteiger partial charge on any atom is 0.143 e. The van der Waals surface area contributed by atoms with Gasteiger partial charge in [-0.25, -0.2) is 0 Å². The third kappa shape index (κ3) is 2.96. The molecule has 6 heteroatoms. The largest absolute Gasteiger partial charge is 0.495 e. The lowest BCUT2D eigenvalue weighted by Crippen LogP contribution is -2.09. The van der Waals surface area contributed by atoms with Crippen LogP contribution in [0.4, 0.5) is 5.69 Å². The Morgan fingerprint density at radius 2 is 2.24 bits per heavy atom. The van der Waals surface area contributed by atoms with E-state index < -0.39 is 0 Å². The van der Waals surface area contributed by atoms with Gasteiger partial charge in [-0.05, 0) is 26.0 Å². The van der Waals surface area contributed by atoms with Gasteiger partial charge < -0.3 is 10.1 Å². The molecule has 0 aliphatic heterocycles. The van der Waals surface area contributed by atoms with Gasteiger partial charge in [-0.1, -0.05) is 17.7 Å². The molecule has 0 radical (unpaired) electrons. The molecule has 0 bridgehead atoms. The van der Waals surface area contributed by atoms with Gasteiger partial charge in [0.2, 0.25) is 0 Å². The van der Waals surface area contributed by atoms with Crippen LogP contribution in [0.25, 0.3) is 0 Å². The summed E-state index contributed by atoms with van der Waals surface area (Å²) in [5, 5.41) is 17.5. The van der Waals surface area contributed by atoms with E-state index in [1.54, 1.807) is 19.2 Å². The van der Waals surface area contributed by atoms with E-state index in [2.05, 4.69) is 16.5 Å². The lowest BCUT2D eigenvalue weighted by atomic mass is 10.1. The Labute approximate surface area is 129 Å². The third-order valence-electron chi connectivity index (χ3n) is 3.25. The number of hydrogen-bond donors (Lipinski definition) is 1. The number of nitrogens with one attached hydrogen (secondary N) is 1. The van der Waals surface area contributed by atoms with Crippen LogP contribution in [0.2, 0.25) is 5.02 Å². The SMILES string of the molecule is CCn1nc(C)c(Cl)c1CNc1c(C#N)cccc1OC. The standard InChI is InChI=1S/C15H17ClN4O/c1-4-20-12(14(16)10(2)19-20)9-18-15-11(8-17)6-5-7-13(15)21-3/h5-7,18H,4,9H2,1-3H3. The maximum atomic E-state index is 9.21. The fourth-order valence-electron chi connectivity index (χ4n) is 2.19. The van der Waals surface area contributed by atoms with Crippen molar-refractivity contribution in [2.45, 2.75) is 26.9 Å². The maximum absolute atomic E-state index is 9.21. The summed E-state index contributed by atoms with van der Waals surface area (Å²) in [4.78, 5) is 0. The minimum absolute atomic E-state index is 0.475. The van der Waals surface area contributed by atoms with Gasteiger partial charge in [-0.15, -0.1) is 0 Å². The van der Waals surface area contributed by atoms with Crippen molar-refractivity contribution in [2.75, 3.05) is 12.4 Å². The molecule has 2 aromatic rings. The van der Waals surface area contributed by atoms with Crippen molar-refractivity contribution in [3.8, 4) is 11.8 Å². The van der Waals surface area contributed by atoms with E-state index in [-0.39, 0.29) is 0 Å². The average molecular weight is 305 g/mol. The molecule has 0 unspecified atom stereocenters. The second kappa shape index (κ2) is 6.51. The highest BCUT2D eigenvalue weighted by Crippen LogP contribution is 2.29. The van der Waals surface area contributed by atoms with Gasteiger partial charge in [0.05, 0.1) is 41.3 Å². The molecule has 21 heavy (non-hydrogen) atoms. The molecule has 0 saturated heterocycles. The number of nitrogens with zero attached hydrogens (tertiary/aromatic N) is 3. The number of rotatable bonds is 5. The summed E-state index contributed by atoms with van der Waals surface area (Å²) in [6, 6.07) is 7.50. The number of anilines is 1. The first kappa shape index (κ1) is 15.2. The fraction of sp³-hybridized carbons (Fsp3) is 0.333. The van der Waals surface area contributed by atoms with Gasteiger partial charge in [-0.3, -0.25) is 4.68 Å². The van der Waals surface area contributed by atoms with Crippen molar-refractivity contribution in [3.05, 3.63) is 40.2 Å². The number of benzene rings is 1. The number of methoxy groups -OCH3 is 1. The Hall–Kier alpha value is -2.19. The third-order valence-corrected chi connectivity index (χ3v) is 3.74. The lowest BCUT2D eigenvalue weighted by molar-refractivity contribution is 0.416. The molecule has 1 heterocycles. The minimum atomic E-state index is 0.475. The van der Waals surface area contributed by atoms with Crippen molar-refractivity contribution < 1.29 is 4.74 Å². The van der Waals surface area contributed by atoms with E-state index >= 15 is 0 Å². The van der Waals surface area contributed by atoms with Gasteiger partial charge in [0.1, 0.15) is 11.8 Å². The number of para-hydroxylation sites is 1. The van der Waals surface area contributed by atoms with Crippen LogP contribution < -0.4 is 10.1 Å². The van der Waals surface area contributed by atoms with Crippen molar-refractivity contribution in [3.63, 3.8) is 0 Å². The fourth-order valence-corrected chi connectivity index (χ4v) is 2.39. The molecular formula is C15H17ClN4O. The summed E-state index contributed by atoms with van der Waals surface area (Å²) in [5.74, 6) is 0.629. The molecule has 0 spiro atoms. The topological polar surface area (TPSA) is 62.9 Å². The number of aryl methyl sites for hydroxylation is 2. The predicted molar refractivity (Wildman–Crippen MR) is 82.7 cm³/mol. The first-order valence-corrected chi connectivity index (χ1v) is 7.02.